The summed E-state index contributed by atoms with van der Waals surface area (Å²) in [4.78, 5) is 36.6. The van der Waals surface area contributed by atoms with E-state index in [-0.39, 0.29) is 30.9 Å². The van der Waals surface area contributed by atoms with Crippen molar-refractivity contribution >= 4 is 29.0 Å². The number of carbonyl (C=O) groups is 3. The minimum absolute atomic E-state index is 0.178. The lowest BCUT2D eigenvalue weighted by molar-refractivity contribution is -0.141. The van der Waals surface area contributed by atoms with Gasteiger partial charge in [-0.05, 0) is 44.2 Å². The fourth-order valence-electron chi connectivity index (χ4n) is 3.28. The molecule has 7 nitrogen and oxygen atoms in total. The van der Waals surface area contributed by atoms with E-state index in [0.717, 1.165) is 37.4 Å². The molecule has 1 amide bonds. The molecular weight excluding hydrogens is 380 g/mol. The molecule has 1 N–H and O–H groups in total. The van der Waals surface area contributed by atoms with Gasteiger partial charge in [-0.25, -0.2) is 0 Å². The van der Waals surface area contributed by atoms with Crippen LogP contribution in [0.25, 0.3) is 0 Å². The third-order valence-corrected chi connectivity index (χ3v) is 5.66. The number of carbonyl (C=O) groups excluding carboxylic acids is 3. The van der Waals surface area contributed by atoms with E-state index in [0.29, 0.717) is 10.4 Å². The SMILES string of the molecule is Cc1cc(C(=O)COC(=O)CNC(=O)c2cccs2)c(C)n1C[C@@H]1CCCO1. The number of Topliss-reactive ketones (excluding diaryl/α,β-unsaturated/α-hetero) is 1. The van der Waals surface area contributed by atoms with Crippen LogP contribution in [0.1, 0.15) is 44.3 Å². The standard InChI is InChI=1S/C20H24N2O5S/c1-13-9-16(14(2)22(13)11-15-5-3-7-26-15)17(23)12-27-19(24)10-21-20(25)18-6-4-8-28-18/h4,6,8-9,15H,3,5,7,10-12H2,1-2H3,(H,21,25)/t15-/m0/s1. The van der Waals surface area contributed by atoms with E-state index in [1.54, 1.807) is 17.5 Å². The number of nitrogens with zero attached hydrogens (tertiary/aromatic N) is 1. The number of thiophene rings is 1. The Bertz CT molecular complexity index is 850. The molecule has 0 unspecified atom stereocenters. The number of amides is 1. The molecule has 1 fully saturated rings. The van der Waals surface area contributed by atoms with Crippen molar-refractivity contribution in [3.05, 3.63) is 45.4 Å². The van der Waals surface area contributed by atoms with Crippen LogP contribution in [0.5, 0.6) is 0 Å². The van der Waals surface area contributed by atoms with E-state index in [9.17, 15) is 14.4 Å². The maximum Gasteiger partial charge on any atom is 0.325 e. The second-order valence-corrected chi connectivity index (χ2v) is 7.72. The van der Waals surface area contributed by atoms with Crippen molar-refractivity contribution in [1.82, 2.24) is 9.88 Å². The predicted molar refractivity (Wildman–Crippen MR) is 105 cm³/mol. The molecule has 1 aliphatic rings. The van der Waals surface area contributed by atoms with Crippen molar-refractivity contribution in [2.45, 2.75) is 39.3 Å². The van der Waals surface area contributed by atoms with Gasteiger partial charge in [0.1, 0.15) is 6.54 Å². The summed E-state index contributed by atoms with van der Waals surface area (Å²) in [6, 6.07) is 5.24. The Balaban J connectivity index is 1.50. The van der Waals surface area contributed by atoms with Crippen molar-refractivity contribution in [3.63, 3.8) is 0 Å². The van der Waals surface area contributed by atoms with Gasteiger partial charge in [0.15, 0.2) is 6.61 Å². The quantitative estimate of drug-likeness (QED) is 0.540. The number of ketones is 1. The molecule has 0 spiro atoms. The van der Waals surface area contributed by atoms with E-state index >= 15 is 0 Å². The highest BCUT2D eigenvalue weighted by Gasteiger charge is 2.21. The van der Waals surface area contributed by atoms with Gasteiger partial charge in [-0.1, -0.05) is 6.07 Å². The zero-order chi connectivity index (χ0) is 20.1. The number of nitrogens with one attached hydrogen (secondary N) is 1. The van der Waals surface area contributed by atoms with Gasteiger partial charge in [0.05, 0.1) is 11.0 Å². The number of rotatable bonds is 8. The summed E-state index contributed by atoms with van der Waals surface area (Å²) in [5.41, 5.74) is 2.37. The number of hydrogen-bond donors (Lipinski definition) is 1. The van der Waals surface area contributed by atoms with Gasteiger partial charge in [0.25, 0.3) is 5.91 Å². The van der Waals surface area contributed by atoms with E-state index in [2.05, 4.69) is 9.88 Å². The zero-order valence-electron chi connectivity index (χ0n) is 16.0. The number of aromatic nitrogens is 1. The van der Waals surface area contributed by atoms with Crippen LogP contribution in [-0.2, 0) is 20.8 Å². The summed E-state index contributed by atoms with van der Waals surface area (Å²) in [5.74, 6) is -1.24. The minimum Gasteiger partial charge on any atom is -0.456 e. The lowest BCUT2D eigenvalue weighted by Gasteiger charge is -2.14. The summed E-state index contributed by atoms with van der Waals surface area (Å²) in [6.45, 7) is 4.72. The second kappa shape index (κ2) is 9.16. The Labute approximate surface area is 167 Å². The van der Waals surface area contributed by atoms with Gasteiger partial charge in [0.2, 0.25) is 5.78 Å². The van der Waals surface area contributed by atoms with E-state index in [4.69, 9.17) is 9.47 Å². The number of esters is 1. The highest BCUT2D eigenvalue weighted by atomic mass is 32.1. The van der Waals surface area contributed by atoms with Crippen LogP contribution >= 0.6 is 11.3 Å². The normalized spacial score (nSPS) is 16.1. The fraction of sp³-hybridized carbons (Fsp3) is 0.450. The maximum atomic E-state index is 12.5. The molecule has 0 aromatic carbocycles. The highest BCUT2D eigenvalue weighted by Crippen LogP contribution is 2.20. The molecule has 1 aliphatic heterocycles. The van der Waals surface area contributed by atoms with Crippen molar-refractivity contribution in [2.75, 3.05) is 19.8 Å². The highest BCUT2D eigenvalue weighted by molar-refractivity contribution is 7.12. The summed E-state index contributed by atoms with van der Waals surface area (Å²) < 4.78 is 12.8. The molecule has 0 radical (unpaired) electrons. The molecule has 3 rings (SSSR count). The van der Waals surface area contributed by atoms with Crippen LogP contribution in [0.2, 0.25) is 0 Å². The molecule has 1 saturated heterocycles. The van der Waals surface area contributed by atoms with Crippen LogP contribution < -0.4 is 5.32 Å². The van der Waals surface area contributed by atoms with Crippen LogP contribution in [0.3, 0.4) is 0 Å². The average molecular weight is 404 g/mol. The summed E-state index contributed by atoms with van der Waals surface area (Å²) in [7, 11) is 0. The summed E-state index contributed by atoms with van der Waals surface area (Å²) in [6.07, 6.45) is 2.27. The smallest absolute Gasteiger partial charge is 0.325 e. The first-order chi connectivity index (χ1) is 13.5. The predicted octanol–water partition coefficient (Wildman–Crippen LogP) is 2.50. The number of hydrogen-bond acceptors (Lipinski definition) is 6. The molecule has 3 heterocycles. The molecule has 150 valence electrons. The Morgan fingerprint density at radius 3 is 2.86 bits per heavy atom. The van der Waals surface area contributed by atoms with Crippen molar-refractivity contribution < 1.29 is 23.9 Å². The third-order valence-electron chi connectivity index (χ3n) is 4.79. The molecule has 28 heavy (non-hydrogen) atoms. The Morgan fingerprint density at radius 1 is 1.36 bits per heavy atom. The van der Waals surface area contributed by atoms with Gasteiger partial charge in [-0.3, -0.25) is 14.4 Å². The topological polar surface area (TPSA) is 86.6 Å². The van der Waals surface area contributed by atoms with Gasteiger partial charge in [-0.2, -0.15) is 0 Å². The van der Waals surface area contributed by atoms with Crippen molar-refractivity contribution in [3.8, 4) is 0 Å². The second-order valence-electron chi connectivity index (χ2n) is 6.77. The maximum absolute atomic E-state index is 12.5. The van der Waals surface area contributed by atoms with Gasteiger partial charge < -0.3 is 19.4 Å². The molecule has 1 atom stereocenters. The summed E-state index contributed by atoms with van der Waals surface area (Å²) in [5, 5.41) is 4.26. The number of aryl methyl sites for hydroxylation is 1. The lowest BCUT2D eigenvalue weighted by atomic mass is 10.1. The molecule has 8 heteroatoms. The Hall–Kier alpha value is -2.45. The van der Waals surface area contributed by atoms with Crippen LogP contribution in [0.4, 0.5) is 0 Å². The average Bonchev–Trinajstić information content (AvgIpc) is 3.43. The van der Waals surface area contributed by atoms with Gasteiger partial charge >= 0.3 is 5.97 Å². The summed E-state index contributed by atoms with van der Waals surface area (Å²) >= 11 is 1.29. The van der Waals surface area contributed by atoms with Crippen LogP contribution in [0.15, 0.2) is 23.6 Å². The third kappa shape index (κ3) is 4.88. The molecule has 0 aliphatic carbocycles. The van der Waals surface area contributed by atoms with Gasteiger partial charge in [-0.15, -0.1) is 11.3 Å². The first-order valence-corrected chi connectivity index (χ1v) is 10.1. The minimum atomic E-state index is -0.647. The van der Waals surface area contributed by atoms with Crippen molar-refractivity contribution in [2.24, 2.45) is 0 Å². The number of ether oxygens (including phenoxy) is 2. The van der Waals surface area contributed by atoms with E-state index in [1.165, 1.54) is 11.3 Å². The zero-order valence-corrected chi connectivity index (χ0v) is 16.8. The fourth-order valence-corrected chi connectivity index (χ4v) is 3.92. The first kappa shape index (κ1) is 20.3. The van der Waals surface area contributed by atoms with Crippen molar-refractivity contribution in [1.29, 1.82) is 0 Å². The lowest BCUT2D eigenvalue weighted by Crippen LogP contribution is -2.31. The molecular formula is C20H24N2O5S. The molecule has 2 aromatic rings. The monoisotopic (exact) mass is 404 g/mol. The van der Waals surface area contributed by atoms with Crippen LogP contribution in [0, 0.1) is 13.8 Å². The Kier molecular flexibility index (Phi) is 6.64. The molecule has 0 bridgehead atoms. The molecule has 0 saturated carbocycles. The Morgan fingerprint density at radius 2 is 2.18 bits per heavy atom. The van der Waals surface area contributed by atoms with E-state index < -0.39 is 5.97 Å². The van der Waals surface area contributed by atoms with E-state index in [1.807, 2.05) is 19.9 Å². The first-order valence-electron chi connectivity index (χ1n) is 9.24. The molecule has 2 aromatic heterocycles. The van der Waals surface area contributed by atoms with Gasteiger partial charge in [0, 0.05) is 30.1 Å². The van der Waals surface area contributed by atoms with Crippen LogP contribution in [-0.4, -0.2) is 48.1 Å². The largest absolute Gasteiger partial charge is 0.456 e.